The van der Waals surface area contributed by atoms with Gasteiger partial charge in [-0.3, -0.25) is 0 Å². The molecule has 0 radical (unpaired) electrons. The molecule has 0 aliphatic rings. The van der Waals surface area contributed by atoms with Crippen molar-refractivity contribution in [2.75, 3.05) is 14.2 Å². The molecule has 0 atom stereocenters. The standard InChI is InChI=1S/C18H22N2O2/c1-14-7-4-5-9-16(14)12-19-18(21)20(2)13-15-8-6-10-17(11-15)22-3/h4-11H,12-13H2,1-3H3,(H,19,21). The van der Waals surface area contributed by atoms with Crippen LogP contribution in [0.25, 0.3) is 0 Å². The van der Waals surface area contributed by atoms with Gasteiger partial charge in [0.15, 0.2) is 0 Å². The maximum Gasteiger partial charge on any atom is 0.317 e. The fourth-order valence-corrected chi connectivity index (χ4v) is 2.23. The van der Waals surface area contributed by atoms with Crippen molar-refractivity contribution >= 4 is 6.03 Å². The van der Waals surface area contributed by atoms with E-state index in [4.69, 9.17) is 4.74 Å². The third-order valence-corrected chi connectivity index (χ3v) is 3.59. The minimum absolute atomic E-state index is 0.0916. The van der Waals surface area contributed by atoms with Gasteiger partial charge in [0.2, 0.25) is 0 Å². The molecule has 2 rings (SSSR count). The summed E-state index contributed by atoms with van der Waals surface area (Å²) in [4.78, 5) is 13.8. The van der Waals surface area contributed by atoms with Crippen molar-refractivity contribution in [1.29, 1.82) is 0 Å². The van der Waals surface area contributed by atoms with Gasteiger partial charge < -0.3 is 15.0 Å². The molecule has 0 fully saturated rings. The molecule has 4 nitrogen and oxygen atoms in total. The highest BCUT2D eigenvalue weighted by Gasteiger charge is 2.09. The van der Waals surface area contributed by atoms with Crippen molar-refractivity contribution in [3.8, 4) is 5.75 Å². The number of methoxy groups -OCH3 is 1. The number of aryl methyl sites for hydroxylation is 1. The summed E-state index contributed by atoms with van der Waals surface area (Å²) in [5.41, 5.74) is 3.34. The minimum Gasteiger partial charge on any atom is -0.497 e. The van der Waals surface area contributed by atoms with Crippen LogP contribution in [-0.2, 0) is 13.1 Å². The van der Waals surface area contributed by atoms with Crippen molar-refractivity contribution in [2.45, 2.75) is 20.0 Å². The highest BCUT2D eigenvalue weighted by Crippen LogP contribution is 2.14. The highest BCUT2D eigenvalue weighted by atomic mass is 16.5. The first-order valence-electron chi connectivity index (χ1n) is 7.26. The summed E-state index contributed by atoms with van der Waals surface area (Å²) in [6, 6.07) is 15.7. The van der Waals surface area contributed by atoms with Gasteiger partial charge in [0.25, 0.3) is 0 Å². The molecule has 2 aromatic carbocycles. The van der Waals surface area contributed by atoms with Crippen LogP contribution in [-0.4, -0.2) is 25.1 Å². The number of amides is 2. The van der Waals surface area contributed by atoms with Crippen molar-refractivity contribution in [1.82, 2.24) is 10.2 Å². The smallest absolute Gasteiger partial charge is 0.317 e. The van der Waals surface area contributed by atoms with E-state index in [0.29, 0.717) is 13.1 Å². The minimum atomic E-state index is -0.0916. The van der Waals surface area contributed by atoms with Crippen LogP contribution < -0.4 is 10.1 Å². The zero-order chi connectivity index (χ0) is 15.9. The normalized spacial score (nSPS) is 10.1. The van der Waals surface area contributed by atoms with Crippen molar-refractivity contribution < 1.29 is 9.53 Å². The van der Waals surface area contributed by atoms with E-state index in [0.717, 1.165) is 16.9 Å². The summed E-state index contributed by atoms with van der Waals surface area (Å²) in [7, 11) is 3.42. The Morgan fingerprint density at radius 1 is 1.18 bits per heavy atom. The van der Waals surface area contributed by atoms with Crippen molar-refractivity contribution in [3.05, 3.63) is 65.2 Å². The topological polar surface area (TPSA) is 41.6 Å². The fraction of sp³-hybridized carbons (Fsp3) is 0.278. The van der Waals surface area contributed by atoms with E-state index in [9.17, 15) is 4.79 Å². The molecule has 1 N–H and O–H groups in total. The molecule has 0 spiro atoms. The SMILES string of the molecule is COc1cccc(CN(C)C(=O)NCc2ccccc2C)c1. The first-order chi connectivity index (χ1) is 10.6. The molecular weight excluding hydrogens is 276 g/mol. The Labute approximate surface area is 131 Å². The van der Waals surface area contributed by atoms with Gasteiger partial charge in [-0.2, -0.15) is 0 Å². The first-order valence-corrected chi connectivity index (χ1v) is 7.26. The Morgan fingerprint density at radius 3 is 2.68 bits per heavy atom. The molecule has 0 unspecified atom stereocenters. The largest absolute Gasteiger partial charge is 0.497 e. The number of nitrogens with zero attached hydrogens (tertiary/aromatic N) is 1. The number of nitrogens with one attached hydrogen (secondary N) is 1. The number of benzene rings is 2. The predicted octanol–water partition coefficient (Wildman–Crippen LogP) is 3.35. The van der Waals surface area contributed by atoms with E-state index in [1.54, 1.807) is 19.1 Å². The number of ether oxygens (including phenoxy) is 1. The zero-order valence-electron chi connectivity index (χ0n) is 13.3. The van der Waals surface area contributed by atoms with Crippen LogP contribution in [0.4, 0.5) is 4.79 Å². The number of hydrogen-bond donors (Lipinski definition) is 1. The van der Waals surface area contributed by atoms with Gasteiger partial charge in [0, 0.05) is 20.1 Å². The molecule has 0 aliphatic heterocycles. The van der Waals surface area contributed by atoms with Crippen LogP contribution in [0.5, 0.6) is 5.75 Å². The Kier molecular flexibility index (Phi) is 5.42. The second-order valence-corrected chi connectivity index (χ2v) is 5.29. The van der Waals surface area contributed by atoms with Gasteiger partial charge in [-0.1, -0.05) is 36.4 Å². The lowest BCUT2D eigenvalue weighted by molar-refractivity contribution is 0.206. The fourth-order valence-electron chi connectivity index (χ4n) is 2.23. The van der Waals surface area contributed by atoms with E-state index >= 15 is 0 Å². The second-order valence-electron chi connectivity index (χ2n) is 5.29. The third-order valence-electron chi connectivity index (χ3n) is 3.59. The Bertz CT molecular complexity index is 640. The molecule has 2 amide bonds. The summed E-state index contributed by atoms with van der Waals surface area (Å²) in [5, 5.41) is 2.94. The van der Waals surface area contributed by atoms with Crippen LogP contribution in [0.3, 0.4) is 0 Å². The monoisotopic (exact) mass is 298 g/mol. The third kappa shape index (κ3) is 4.25. The summed E-state index contributed by atoms with van der Waals surface area (Å²) < 4.78 is 5.20. The van der Waals surface area contributed by atoms with Crippen molar-refractivity contribution in [3.63, 3.8) is 0 Å². The Balaban J connectivity index is 1.90. The van der Waals surface area contributed by atoms with Gasteiger partial charge in [-0.05, 0) is 35.7 Å². The van der Waals surface area contributed by atoms with Crippen LogP contribution in [0, 0.1) is 6.92 Å². The number of carbonyl (C=O) groups is 1. The van der Waals surface area contributed by atoms with Crippen LogP contribution in [0.15, 0.2) is 48.5 Å². The summed E-state index contributed by atoms with van der Waals surface area (Å²) in [6.45, 7) is 3.12. The molecule has 0 aliphatic carbocycles. The molecule has 4 heteroatoms. The van der Waals surface area contributed by atoms with Gasteiger partial charge in [0.1, 0.15) is 5.75 Å². The summed E-state index contributed by atoms with van der Waals surface area (Å²) >= 11 is 0. The van der Waals surface area contributed by atoms with E-state index in [-0.39, 0.29) is 6.03 Å². The lowest BCUT2D eigenvalue weighted by atomic mass is 10.1. The van der Waals surface area contributed by atoms with E-state index in [2.05, 4.69) is 5.32 Å². The molecule has 22 heavy (non-hydrogen) atoms. The average Bonchev–Trinajstić information content (AvgIpc) is 2.54. The zero-order valence-corrected chi connectivity index (χ0v) is 13.3. The Hall–Kier alpha value is -2.49. The molecular formula is C18H22N2O2. The van der Waals surface area contributed by atoms with Crippen molar-refractivity contribution in [2.24, 2.45) is 0 Å². The molecule has 0 saturated heterocycles. The average molecular weight is 298 g/mol. The Morgan fingerprint density at radius 2 is 1.95 bits per heavy atom. The molecule has 116 valence electrons. The van der Waals surface area contributed by atoms with Crippen LogP contribution in [0.2, 0.25) is 0 Å². The molecule has 2 aromatic rings. The van der Waals surface area contributed by atoms with Crippen LogP contribution in [0.1, 0.15) is 16.7 Å². The number of urea groups is 1. The molecule has 0 heterocycles. The molecule has 0 saturated carbocycles. The first kappa shape index (κ1) is 15.9. The maximum absolute atomic E-state index is 12.2. The van der Waals surface area contributed by atoms with Gasteiger partial charge in [-0.15, -0.1) is 0 Å². The van der Waals surface area contributed by atoms with Gasteiger partial charge in [-0.25, -0.2) is 4.79 Å². The number of rotatable bonds is 5. The highest BCUT2D eigenvalue weighted by molar-refractivity contribution is 5.73. The lowest BCUT2D eigenvalue weighted by Crippen LogP contribution is -2.36. The van der Waals surface area contributed by atoms with Gasteiger partial charge >= 0.3 is 6.03 Å². The number of hydrogen-bond acceptors (Lipinski definition) is 2. The van der Waals surface area contributed by atoms with E-state index < -0.39 is 0 Å². The van der Waals surface area contributed by atoms with Gasteiger partial charge in [0.05, 0.1) is 7.11 Å². The van der Waals surface area contributed by atoms with E-state index in [1.165, 1.54) is 5.56 Å². The predicted molar refractivity (Wildman–Crippen MR) is 87.9 cm³/mol. The molecule has 0 bridgehead atoms. The number of carbonyl (C=O) groups excluding carboxylic acids is 1. The summed E-state index contributed by atoms with van der Waals surface area (Å²) in [5.74, 6) is 0.797. The summed E-state index contributed by atoms with van der Waals surface area (Å²) in [6.07, 6.45) is 0. The lowest BCUT2D eigenvalue weighted by Gasteiger charge is -2.19. The molecule has 0 aromatic heterocycles. The second kappa shape index (κ2) is 7.50. The maximum atomic E-state index is 12.2. The van der Waals surface area contributed by atoms with E-state index in [1.807, 2.05) is 55.5 Å². The van der Waals surface area contributed by atoms with Crippen LogP contribution >= 0.6 is 0 Å². The quantitative estimate of drug-likeness (QED) is 0.919.